The van der Waals surface area contributed by atoms with Gasteiger partial charge in [-0.1, -0.05) is 0 Å². The van der Waals surface area contributed by atoms with E-state index in [1.165, 1.54) is 12.1 Å². The first-order valence-electron chi connectivity index (χ1n) is 8.80. The molecular formula is C19H26FN5O. The molecule has 1 fully saturated rings. The fourth-order valence-corrected chi connectivity index (χ4v) is 3.11. The Morgan fingerprint density at radius 3 is 2.46 bits per heavy atom. The standard InChI is InChI=1S/C19H26FN5O/c1-23(2)17(18-4-3-13-26-18)14-22-19(21)25-11-9-24(10-12-25)16-7-5-15(20)6-8-16/h3-8,13,17H,9-12,14H2,1-2H3,(H2,21,22). The molecule has 2 heterocycles. The van der Waals surface area contributed by atoms with E-state index in [1.54, 1.807) is 6.26 Å². The SMILES string of the molecule is CN(C)C(CN=C(N)N1CCN(c2ccc(F)cc2)CC1)c1ccco1. The van der Waals surface area contributed by atoms with Gasteiger partial charge in [-0.25, -0.2) is 4.39 Å². The summed E-state index contributed by atoms with van der Waals surface area (Å²) in [5, 5.41) is 0. The molecule has 140 valence electrons. The molecule has 1 saturated heterocycles. The van der Waals surface area contributed by atoms with Gasteiger partial charge >= 0.3 is 0 Å². The number of guanidine groups is 1. The maximum Gasteiger partial charge on any atom is 0.191 e. The van der Waals surface area contributed by atoms with Crippen LogP contribution in [-0.2, 0) is 0 Å². The second-order valence-electron chi connectivity index (χ2n) is 6.64. The summed E-state index contributed by atoms with van der Waals surface area (Å²) in [6.45, 7) is 3.79. The first-order chi connectivity index (χ1) is 12.5. The summed E-state index contributed by atoms with van der Waals surface area (Å²) in [6, 6.07) is 10.5. The van der Waals surface area contributed by atoms with Gasteiger partial charge in [-0.3, -0.25) is 9.89 Å². The highest BCUT2D eigenvalue weighted by Gasteiger charge is 2.20. The molecule has 1 atom stereocenters. The maximum atomic E-state index is 13.1. The Morgan fingerprint density at radius 1 is 1.19 bits per heavy atom. The molecule has 0 radical (unpaired) electrons. The number of rotatable bonds is 5. The fourth-order valence-electron chi connectivity index (χ4n) is 3.11. The number of aliphatic imine (C=N–C) groups is 1. The lowest BCUT2D eigenvalue weighted by molar-refractivity contribution is 0.264. The van der Waals surface area contributed by atoms with Crippen molar-refractivity contribution in [2.45, 2.75) is 6.04 Å². The molecule has 1 aliphatic rings. The van der Waals surface area contributed by atoms with Crippen molar-refractivity contribution in [1.29, 1.82) is 0 Å². The first-order valence-corrected chi connectivity index (χ1v) is 8.80. The van der Waals surface area contributed by atoms with Gasteiger partial charge in [-0.2, -0.15) is 0 Å². The van der Waals surface area contributed by atoms with E-state index < -0.39 is 0 Å². The van der Waals surface area contributed by atoms with Crippen LogP contribution in [0.5, 0.6) is 0 Å². The molecule has 1 aromatic heterocycles. The lowest BCUT2D eigenvalue weighted by Crippen LogP contribution is -2.51. The molecule has 0 bridgehead atoms. The van der Waals surface area contributed by atoms with E-state index in [0.717, 1.165) is 37.6 Å². The number of nitrogens with two attached hydrogens (primary N) is 1. The van der Waals surface area contributed by atoms with Gasteiger partial charge in [0.05, 0.1) is 18.8 Å². The number of likely N-dealkylation sites (N-methyl/N-ethyl adjacent to an activating group) is 1. The van der Waals surface area contributed by atoms with Gasteiger partial charge in [0.15, 0.2) is 5.96 Å². The van der Waals surface area contributed by atoms with Crippen molar-refractivity contribution in [3.8, 4) is 0 Å². The molecule has 3 rings (SSSR count). The average molecular weight is 359 g/mol. The number of benzene rings is 1. The molecule has 0 saturated carbocycles. The Balaban J connectivity index is 1.56. The second kappa shape index (κ2) is 8.23. The third-order valence-corrected chi connectivity index (χ3v) is 4.72. The van der Waals surface area contributed by atoms with Crippen molar-refractivity contribution in [1.82, 2.24) is 9.80 Å². The van der Waals surface area contributed by atoms with Gasteiger partial charge < -0.3 is 20.0 Å². The molecule has 2 N–H and O–H groups in total. The topological polar surface area (TPSA) is 61.2 Å². The number of anilines is 1. The van der Waals surface area contributed by atoms with Crippen LogP contribution in [0.25, 0.3) is 0 Å². The Labute approximate surface area is 153 Å². The highest BCUT2D eigenvalue weighted by Crippen LogP contribution is 2.19. The molecule has 6 nitrogen and oxygen atoms in total. The number of furan rings is 1. The van der Waals surface area contributed by atoms with Crippen LogP contribution in [0.15, 0.2) is 52.1 Å². The van der Waals surface area contributed by atoms with Crippen LogP contribution in [0.1, 0.15) is 11.8 Å². The Kier molecular flexibility index (Phi) is 5.78. The van der Waals surface area contributed by atoms with Crippen LogP contribution in [0.3, 0.4) is 0 Å². The van der Waals surface area contributed by atoms with Crippen LogP contribution < -0.4 is 10.6 Å². The van der Waals surface area contributed by atoms with E-state index in [-0.39, 0.29) is 11.9 Å². The van der Waals surface area contributed by atoms with Gasteiger partial charge in [0.25, 0.3) is 0 Å². The number of piperazine rings is 1. The van der Waals surface area contributed by atoms with Crippen molar-refractivity contribution >= 4 is 11.6 Å². The molecule has 26 heavy (non-hydrogen) atoms. The largest absolute Gasteiger partial charge is 0.468 e. The Hall–Kier alpha value is -2.54. The zero-order valence-electron chi connectivity index (χ0n) is 15.3. The zero-order valence-corrected chi connectivity index (χ0v) is 15.3. The van der Waals surface area contributed by atoms with Crippen LogP contribution in [0.4, 0.5) is 10.1 Å². The van der Waals surface area contributed by atoms with Crippen molar-refractivity contribution in [3.63, 3.8) is 0 Å². The van der Waals surface area contributed by atoms with E-state index in [0.29, 0.717) is 12.5 Å². The molecule has 1 unspecified atom stereocenters. The van der Waals surface area contributed by atoms with E-state index in [2.05, 4.69) is 19.7 Å². The summed E-state index contributed by atoms with van der Waals surface area (Å²) < 4.78 is 18.6. The molecule has 0 amide bonds. The minimum Gasteiger partial charge on any atom is -0.468 e. The number of halogens is 1. The molecule has 2 aromatic rings. The van der Waals surface area contributed by atoms with E-state index in [9.17, 15) is 4.39 Å². The molecule has 0 aliphatic carbocycles. The smallest absolute Gasteiger partial charge is 0.191 e. The summed E-state index contributed by atoms with van der Waals surface area (Å²) in [7, 11) is 4.00. The monoisotopic (exact) mass is 359 g/mol. The fraction of sp³-hybridized carbons (Fsp3) is 0.421. The second-order valence-corrected chi connectivity index (χ2v) is 6.64. The lowest BCUT2D eigenvalue weighted by Gasteiger charge is -2.36. The van der Waals surface area contributed by atoms with Crippen LogP contribution >= 0.6 is 0 Å². The first kappa shape index (κ1) is 18.3. The minimum atomic E-state index is -0.212. The van der Waals surface area contributed by atoms with Crippen LogP contribution in [0, 0.1) is 5.82 Å². The number of hydrogen-bond acceptors (Lipinski definition) is 4. The van der Waals surface area contributed by atoms with E-state index in [4.69, 9.17) is 10.2 Å². The molecule has 1 aliphatic heterocycles. The minimum absolute atomic E-state index is 0.0593. The quantitative estimate of drug-likeness (QED) is 0.655. The normalized spacial score (nSPS) is 17.0. The summed E-state index contributed by atoms with van der Waals surface area (Å²) in [4.78, 5) is 11.0. The Bertz CT molecular complexity index is 706. The third-order valence-electron chi connectivity index (χ3n) is 4.72. The lowest BCUT2D eigenvalue weighted by atomic mass is 10.2. The number of hydrogen-bond donors (Lipinski definition) is 1. The average Bonchev–Trinajstić information content (AvgIpc) is 3.16. The highest BCUT2D eigenvalue weighted by atomic mass is 19.1. The highest BCUT2D eigenvalue weighted by molar-refractivity contribution is 5.78. The van der Waals surface area contributed by atoms with Gasteiger partial charge in [-0.15, -0.1) is 0 Å². The molecule has 1 aromatic carbocycles. The number of nitrogens with zero attached hydrogens (tertiary/aromatic N) is 4. The van der Waals surface area contributed by atoms with Gasteiger partial charge in [0.2, 0.25) is 0 Å². The summed E-state index contributed by atoms with van der Waals surface area (Å²) in [5.41, 5.74) is 7.25. The third kappa shape index (κ3) is 4.35. The van der Waals surface area contributed by atoms with Crippen molar-refractivity contribution in [3.05, 3.63) is 54.2 Å². The van der Waals surface area contributed by atoms with Crippen molar-refractivity contribution in [2.24, 2.45) is 10.7 Å². The summed E-state index contributed by atoms with van der Waals surface area (Å²) in [5.74, 6) is 1.23. The molecular weight excluding hydrogens is 333 g/mol. The predicted octanol–water partition coefficient (Wildman–Crippen LogP) is 2.16. The van der Waals surface area contributed by atoms with Crippen molar-refractivity contribution < 1.29 is 8.81 Å². The maximum absolute atomic E-state index is 13.1. The van der Waals surface area contributed by atoms with Gasteiger partial charge in [-0.05, 0) is 50.5 Å². The van der Waals surface area contributed by atoms with Gasteiger partial charge in [0, 0.05) is 31.9 Å². The van der Waals surface area contributed by atoms with E-state index in [1.807, 2.05) is 38.4 Å². The van der Waals surface area contributed by atoms with Crippen LogP contribution in [-0.4, -0.2) is 62.6 Å². The van der Waals surface area contributed by atoms with Crippen molar-refractivity contribution in [2.75, 3.05) is 51.7 Å². The van der Waals surface area contributed by atoms with E-state index >= 15 is 0 Å². The van der Waals surface area contributed by atoms with Gasteiger partial charge in [0.1, 0.15) is 11.6 Å². The predicted molar refractivity (Wildman–Crippen MR) is 102 cm³/mol. The molecule has 0 spiro atoms. The summed E-state index contributed by atoms with van der Waals surface area (Å²) >= 11 is 0. The Morgan fingerprint density at radius 2 is 1.88 bits per heavy atom. The summed E-state index contributed by atoms with van der Waals surface area (Å²) in [6.07, 6.45) is 1.67. The molecule has 7 heteroatoms. The zero-order chi connectivity index (χ0) is 18.5. The van der Waals surface area contributed by atoms with Crippen LogP contribution in [0.2, 0.25) is 0 Å².